The highest BCUT2D eigenvalue weighted by Gasteiger charge is 2.09. The van der Waals surface area contributed by atoms with Crippen molar-refractivity contribution in [1.82, 2.24) is 10.7 Å². The quantitative estimate of drug-likeness (QED) is 0.238. The number of thiocarbonyl (C=S) groups is 1. The van der Waals surface area contributed by atoms with E-state index in [1.165, 1.54) is 5.56 Å². The number of hydrogen-bond acceptors (Lipinski definition) is 5. The third kappa shape index (κ3) is 7.22. The first-order chi connectivity index (χ1) is 14.6. The van der Waals surface area contributed by atoms with Crippen molar-refractivity contribution in [1.29, 1.82) is 0 Å². The van der Waals surface area contributed by atoms with E-state index in [0.29, 0.717) is 35.7 Å². The summed E-state index contributed by atoms with van der Waals surface area (Å²) in [7, 11) is 3.34. The predicted molar refractivity (Wildman–Crippen MR) is 126 cm³/mol. The number of ether oxygens (including phenoxy) is 3. The molecule has 2 rings (SSSR count). The second kappa shape index (κ2) is 12.7. The molecule has 0 aromatic heterocycles. The van der Waals surface area contributed by atoms with Crippen LogP contribution in [-0.4, -0.2) is 38.7 Å². The van der Waals surface area contributed by atoms with Gasteiger partial charge in [0.15, 0.2) is 16.6 Å². The molecule has 0 aliphatic heterocycles. The van der Waals surface area contributed by atoms with E-state index in [-0.39, 0.29) is 0 Å². The van der Waals surface area contributed by atoms with Crippen LogP contribution in [0.15, 0.2) is 47.6 Å². The van der Waals surface area contributed by atoms with Crippen LogP contribution in [0.4, 0.5) is 0 Å². The zero-order valence-corrected chi connectivity index (χ0v) is 18.9. The molecular formula is C23H31N3O3S. The summed E-state index contributed by atoms with van der Waals surface area (Å²) < 4.78 is 17.2. The van der Waals surface area contributed by atoms with E-state index in [2.05, 4.69) is 41.8 Å². The van der Waals surface area contributed by atoms with Gasteiger partial charge in [-0.1, -0.05) is 32.0 Å². The van der Waals surface area contributed by atoms with Gasteiger partial charge in [0.25, 0.3) is 0 Å². The summed E-state index contributed by atoms with van der Waals surface area (Å²) in [5.74, 6) is 2.73. The summed E-state index contributed by atoms with van der Waals surface area (Å²) in [6.07, 6.45) is 3.52. The molecule has 2 aromatic carbocycles. The second-order valence-electron chi connectivity index (χ2n) is 6.76. The molecule has 0 bridgehead atoms. The van der Waals surface area contributed by atoms with Gasteiger partial charge in [0.2, 0.25) is 0 Å². The number of nitrogens with one attached hydrogen (secondary N) is 2. The molecule has 0 fully saturated rings. The van der Waals surface area contributed by atoms with Crippen LogP contribution in [-0.2, 0) is 0 Å². The van der Waals surface area contributed by atoms with Gasteiger partial charge in [-0.3, -0.25) is 5.43 Å². The van der Waals surface area contributed by atoms with E-state index in [1.807, 2.05) is 30.3 Å². The average Bonchev–Trinajstić information content (AvgIpc) is 2.79. The van der Waals surface area contributed by atoms with Gasteiger partial charge in [0.1, 0.15) is 5.75 Å². The molecule has 6 nitrogen and oxygen atoms in total. The molecule has 1 atom stereocenters. The van der Waals surface area contributed by atoms with Crippen molar-refractivity contribution in [2.24, 2.45) is 5.10 Å². The first kappa shape index (κ1) is 23.5. The zero-order valence-electron chi connectivity index (χ0n) is 18.1. The summed E-state index contributed by atoms with van der Waals surface area (Å²) in [6.45, 7) is 5.49. The Labute approximate surface area is 184 Å². The molecule has 2 N–H and O–H groups in total. The lowest BCUT2D eigenvalue weighted by molar-refractivity contribution is 0.240. The lowest BCUT2D eigenvalue weighted by atomic mass is 9.99. The lowest BCUT2D eigenvalue weighted by Crippen LogP contribution is -2.28. The van der Waals surface area contributed by atoms with Crippen molar-refractivity contribution in [3.05, 3.63) is 53.6 Å². The largest absolute Gasteiger partial charge is 0.493 e. The predicted octanol–water partition coefficient (Wildman–Crippen LogP) is 4.48. The molecular weight excluding hydrogens is 398 g/mol. The van der Waals surface area contributed by atoms with Crippen LogP contribution in [0, 0.1) is 0 Å². The molecule has 7 heteroatoms. The van der Waals surface area contributed by atoms with Gasteiger partial charge >= 0.3 is 0 Å². The van der Waals surface area contributed by atoms with Crippen molar-refractivity contribution in [3.63, 3.8) is 0 Å². The monoisotopic (exact) mass is 429 g/mol. The van der Waals surface area contributed by atoms with E-state index in [9.17, 15) is 0 Å². The van der Waals surface area contributed by atoms with E-state index in [4.69, 9.17) is 26.4 Å². The van der Waals surface area contributed by atoms with E-state index >= 15 is 0 Å². The van der Waals surface area contributed by atoms with E-state index in [0.717, 1.165) is 24.2 Å². The van der Waals surface area contributed by atoms with Crippen molar-refractivity contribution in [2.75, 3.05) is 27.4 Å². The summed E-state index contributed by atoms with van der Waals surface area (Å²) in [5, 5.41) is 7.35. The third-order valence-electron chi connectivity index (χ3n) is 4.69. The van der Waals surface area contributed by atoms with Crippen molar-refractivity contribution in [2.45, 2.75) is 32.6 Å². The number of nitrogens with zero attached hydrogens (tertiary/aromatic N) is 1. The number of methoxy groups -OCH3 is 1. The summed E-state index contributed by atoms with van der Waals surface area (Å²) in [6, 6.07) is 14.0. The molecule has 0 saturated heterocycles. The Kier molecular flexibility index (Phi) is 9.94. The Balaban J connectivity index is 1.87. The number of hydrazone groups is 1. The van der Waals surface area contributed by atoms with Crippen molar-refractivity contribution >= 4 is 23.5 Å². The smallest absolute Gasteiger partial charge is 0.186 e. The van der Waals surface area contributed by atoms with Crippen LogP contribution in [0.5, 0.6) is 17.2 Å². The first-order valence-corrected chi connectivity index (χ1v) is 10.5. The molecule has 0 heterocycles. The minimum atomic E-state index is 0.436. The minimum absolute atomic E-state index is 0.436. The first-order valence-electron chi connectivity index (χ1n) is 10.1. The maximum Gasteiger partial charge on any atom is 0.186 e. The van der Waals surface area contributed by atoms with Gasteiger partial charge < -0.3 is 19.5 Å². The fourth-order valence-electron chi connectivity index (χ4n) is 2.72. The highest BCUT2D eigenvalue weighted by Crippen LogP contribution is 2.30. The molecule has 0 amide bonds. The molecule has 0 saturated carbocycles. The van der Waals surface area contributed by atoms with Gasteiger partial charge in [-0.25, -0.2) is 0 Å². The Morgan fingerprint density at radius 1 is 1.13 bits per heavy atom. The minimum Gasteiger partial charge on any atom is -0.493 e. The van der Waals surface area contributed by atoms with E-state index in [1.54, 1.807) is 20.4 Å². The number of benzene rings is 2. The highest BCUT2D eigenvalue weighted by molar-refractivity contribution is 7.80. The Morgan fingerprint density at radius 2 is 1.87 bits per heavy atom. The zero-order chi connectivity index (χ0) is 21.8. The van der Waals surface area contributed by atoms with Crippen molar-refractivity contribution < 1.29 is 14.2 Å². The Hall–Kier alpha value is -2.80. The van der Waals surface area contributed by atoms with Crippen molar-refractivity contribution in [3.8, 4) is 17.2 Å². The lowest BCUT2D eigenvalue weighted by Gasteiger charge is -2.14. The molecule has 1 unspecified atom stereocenters. The molecule has 0 aliphatic rings. The molecule has 162 valence electrons. The van der Waals surface area contributed by atoms with Crippen LogP contribution in [0.3, 0.4) is 0 Å². The topological polar surface area (TPSA) is 64.1 Å². The standard InChI is InChI=1S/C23H31N3O3S/c1-5-17(2)18-10-12-20(13-11-18)28-14-7-15-29-22-19(8-6-9-21(22)27-4)16-25-26-23(30)24-3/h6,8-13,16-17H,5,7,14-15H2,1-4H3,(H2,24,26,30). The van der Waals surface area contributed by atoms with Gasteiger partial charge in [0.05, 0.1) is 26.5 Å². The highest BCUT2D eigenvalue weighted by atomic mass is 32.1. The molecule has 0 radical (unpaired) electrons. The number of para-hydroxylation sites is 1. The summed E-state index contributed by atoms with van der Waals surface area (Å²) in [5.41, 5.74) is 4.86. The molecule has 2 aromatic rings. The summed E-state index contributed by atoms with van der Waals surface area (Å²) in [4.78, 5) is 0. The Bertz CT molecular complexity index is 825. The van der Waals surface area contributed by atoms with E-state index < -0.39 is 0 Å². The Morgan fingerprint density at radius 3 is 2.53 bits per heavy atom. The normalized spacial score (nSPS) is 11.7. The van der Waals surface area contributed by atoms with Gasteiger partial charge in [-0.2, -0.15) is 5.10 Å². The van der Waals surface area contributed by atoms with Gasteiger partial charge in [-0.15, -0.1) is 0 Å². The average molecular weight is 430 g/mol. The third-order valence-corrected chi connectivity index (χ3v) is 4.99. The number of rotatable bonds is 11. The maximum atomic E-state index is 5.97. The molecule has 0 spiro atoms. The second-order valence-corrected chi connectivity index (χ2v) is 7.16. The van der Waals surface area contributed by atoms with Crippen LogP contribution >= 0.6 is 12.2 Å². The van der Waals surface area contributed by atoms with Crippen LogP contribution in [0.1, 0.15) is 43.7 Å². The van der Waals surface area contributed by atoms with Crippen LogP contribution in [0.2, 0.25) is 0 Å². The summed E-state index contributed by atoms with van der Waals surface area (Å²) >= 11 is 5.01. The van der Waals surface area contributed by atoms with Crippen LogP contribution in [0.25, 0.3) is 0 Å². The number of hydrogen-bond donors (Lipinski definition) is 2. The maximum absolute atomic E-state index is 5.97. The fraction of sp³-hybridized carbons (Fsp3) is 0.391. The molecule has 0 aliphatic carbocycles. The SMILES string of the molecule is CCC(C)c1ccc(OCCCOc2c(C=NNC(=S)NC)cccc2OC)cc1. The molecule has 30 heavy (non-hydrogen) atoms. The van der Waals surface area contributed by atoms with Gasteiger partial charge in [-0.05, 0) is 54.4 Å². The van der Waals surface area contributed by atoms with Gasteiger partial charge in [0, 0.05) is 19.0 Å². The van der Waals surface area contributed by atoms with Crippen LogP contribution < -0.4 is 25.0 Å². The fourth-order valence-corrected chi connectivity index (χ4v) is 2.77.